The Kier molecular flexibility index (Phi) is 6.64. The van der Waals surface area contributed by atoms with E-state index in [9.17, 15) is 23.2 Å². The third-order valence-corrected chi connectivity index (χ3v) is 4.76. The maximum atomic E-state index is 14.3. The van der Waals surface area contributed by atoms with Crippen LogP contribution in [0.2, 0.25) is 0 Å². The van der Waals surface area contributed by atoms with Gasteiger partial charge in [0.25, 0.3) is 5.91 Å². The van der Waals surface area contributed by atoms with E-state index in [1.54, 1.807) is 0 Å². The van der Waals surface area contributed by atoms with Crippen molar-refractivity contribution in [3.05, 3.63) is 65.9 Å². The molecule has 2 N–H and O–H groups in total. The molecule has 0 aliphatic heterocycles. The smallest absolute Gasteiger partial charge is 0.256 e. The molecule has 162 valence electrons. The summed E-state index contributed by atoms with van der Waals surface area (Å²) in [6.45, 7) is 1.63. The van der Waals surface area contributed by atoms with Gasteiger partial charge in [0, 0.05) is 44.8 Å². The molecule has 0 aliphatic rings. The van der Waals surface area contributed by atoms with E-state index in [1.165, 1.54) is 18.9 Å². The standard InChI is InChI=1S/C22H22F2N4O3/c1-14(29)25-13-21(30)26-19-11-16(17(23)12-18(19)24)22(31)27(2)9-10-28-8-7-15-5-3-4-6-20(15)28/h3-8,11-12H,9-10,13H2,1-2H3,(H,25,29)(H,26,30). The lowest BCUT2D eigenvalue weighted by Gasteiger charge is -2.19. The van der Waals surface area contributed by atoms with Gasteiger partial charge in [-0.3, -0.25) is 14.4 Å². The highest BCUT2D eigenvalue weighted by Crippen LogP contribution is 2.21. The zero-order valence-electron chi connectivity index (χ0n) is 17.1. The summed E-state index contributed by atoms with van der Waals surface area (Å²) in [6, 6.07) is 11.3. The molecule has 0 fully saturated rings. The van der Waals surface area contributed by atoms with Gasteiger partial charge in [0.15, 0.2) is 0 Å². The first-order chi connectivity index (χ1) is 14.8. The van der Waals surface area contributed by atoms with Crippen molar-refractivity contribution in [1.82, 2.24) is 14.8 Å². The lowest BCUT2D eigenvalue weighted by Crippen LogP contribution is -2.32. The molecule has 0 unspecified atom stereocenters. The molecular weight excluding hydrogens is 406 g/mol. The molecule has 3 aromatic rings. The Morgan fingerprint density at radius 1 is 1.06 bits per heavy atom. The zero-order valence-corrected chi connectivity index (χ0v) is 17.1. The van der Waals surface area contributed by atoms with Crippen LogP contribution in [-0.2, 0) is 16.1 Å². The molecule has 0 spiro atoms. The first kappa shape index (κ1) is 21.9. The molecule has 0 aliphatic carbocycles. The van der Waals surface area contributed by atoms with Crippen molar-refractivity contribution in [2.75, 3.05) is 25.5 Å². The molecule has 9 heteroatoms. The van der Waals surface area contributed by atoms with Crippen LogP contribution < -0.4 is 10.6 Å². The predicted octanol–water partition coefficient (Wildman–Crippen LogP) is 2.77. The van der Waals surface area contributed by atoms with Gasteiger partial charge in [-0.05, 0) is 23.6 Å². The summed E-state index contributed by atoms with van der Waals surface area (Å²) in [7, 11) is 1.52. The number of aromatic nitrogens is 1. The number of halogens is 2. The largest absolute Gasteiger partial charge is 0.347 e. The highest BCUT2D eigenvalue weighted by atomic mass is 19.1. The topological polar surface area (TPSA) is 83.4 Å². The number of carbonyl (C=O) groups is 3. The first-order valence-corrected chi connectivity index (χ1v) is 9.59. The van der Waals surface area contributed by atoms with E-state index in [1.807, 2.05) is 41.1 Å². The van der Waals surface area contributed by atoms with Crippen LogP contribution in [0.15, 0.2) is 48.7 Å². The van der Waals surface area contributed by atoms with Crippen LogP contribution in [0, 0.1) is 11.6 Å². The number of benzene rings is 2. The van der Waals surface area contributed by atoms with Gasteiger partial charge in [0.05, 0.1) is 17.8 Å². The van der Waals surface area contributed by atoms with Crippen LogP contribution in [0.1, 0.15) is 17.3 Å². The number of hydrogen-bond donors (Lipinski definition) is 2. The molecule has 0 bridgehead atoms. The second kappa shape index (κ2) is 9.38. The van der Waals surface area contributed by atoms with E-state index in [0.29, 0.717) is 19.2 Å². The molecule has 0 saturated heterocycles. The Balaban J connectivity index is 1.70. The Bertz CT molecular complexity index is 1140. The summed E-state index contributed by atoms with van der Waals surface area (Å²) in [4.78, 5) is 36.8. The molecule has 1 aromatic heterocycles. The molecule has 2 aromatic carbocycles. The number of anilines is 1. The minimum atomic E-state index is -1.03. The van der Waals surface area contributed by atoms with E-state index in [2.05, 4.69) is 10.6 Å². The fourth-order valence-corrected chi connectivity index (χ4v) is 3.11. The molecule has 1 heterocycles. The summed E-state index contributed by atoms with van der Waals surface area (Å²) in [5, 5.41) is 5.57. The Labute approximate surface area is 177 Å². The number of fused-ring (bicyclic) bond motifs is 1. The molecule has 0 radical (unpaired) electrons. The zero-order chi connectivity index (χ0) is 22.5. The van der Waals surface area contributed by atoms with E-state index >= 15 is 0 Å². The van der Waals surface area contributed by atoms with Gasteiger partial charge in [-0.25, -0.2) is 8.78 Å². The summed E-state index contributed by atoms with van der Waals surface area (Å²) < 4.78 is 30.3. The molecule has 0 atom stereocenters. The molecule has 3 amide bonds. The van der Waals surface area contributed by atoms with Crippen LogP contribution >= 0.6 is 0 Å². The van der Waals surface area contributed by atoms with Gasteiger partial charge in [0.2, 0.25) is 11.8 Å². The van der Waals surface area contributed by atoms with Crippen molar-refractivity contribution in [3.8, 4) is 0 Å². The van der Waals surface area contributed by atoms with Crippen LogP contribution in [0.5, 0.6) is 0 Å². The lowest BCUT2D eigenvalue weighted by atomic mass is 10.1. The van der Waals surface area contributed by atoms with Crippen molar-refractivity contribution in [1.29, 1.82) is 0 Å². The Morgan fingerprint density at radius 3 is 2.55 bits per heavy atom. The van der Waals surface area contributed by atoms with Crippen molar-refractivity contribution in [3.63, 3.8) is 0 Å². The normalized spacial score (nSPS) is 10.7. The van der Waals surface area contributed by atoms with Gasteiger partial charge in [0.1, 0.15) is 11.6 Å². The lowest BCUT2D eigenvalue weighted by molar-refractivity contribution is -0.122. The SMILES string of the molecule is CC(=O)NCC(=O)Nc1cc(C(=O)N(C)CCn2ccc3ccccc32)c(F)cc1F. The quantitative estimate of drug-likeness (QED) is 0.607. The predicted molar refractivity (Wildman–Crippen MR) is 113 cm³/mol. The van der Waals surface area contributed by atoms with Crippen molar-refractivity contribution in [2.24, 2.45) is 0 Å². The van der Waals surface area contributed by atoms with Gasteiger partial charge < -0.3 is 20.1 Å². The maximum absolute atomic E-state index is 14.3. The second-order valence-electron chi connectivity index (χ2n) is 7.06. The highest BCUT2D eigenvalue weighted by Gasteiger charge is 2.20. The van der Waals surface area contributed by atoms with Crippen molar-refractivity contribution >= 4 is 34.3 Å². The van der Waals surface area contributed by atoms with E-state index in [-0.39, 0.29) is 17.8 Å². The Morgan fingerprint density at radius 2 is 1.81 bits per heavy atom. The van der Waals surface area contributed by atoms with Gasteiger partial charge in [-0.15, -0.1) is 0 Å². The number of carbonyl (C=O) groups excluding carboxylic acids is 3. The average molecular weight is 428 g/mol. The fourth-order valence-electron chi connectivity index (χ4n) is 3.11. The molecule has 0 saturated carbocycles. The number of para-hydroxylation sites is 1. The maximum Gasteiger partial charge on any atom is 0.256 e. The van der Waals surface area contributed by atoms with E-state index in [4.69, 9.17) is 0 Å². The van der Waals surface area contributed by atoms with Crippen LogP contribution in [-0.4, -0.2) is 47.3 Å². The Hall–Kier alpha value is -3.75. The number of rotatable bonds is 7. The first-order valence-electron chi connectivity index (χ1n) is 9.59. The second-order valence-corrected chi connectivity index (χ2v) is 7.06. The average Bonchev–Trinajstić information content (AvgIpc) is 3.15. The third-order valence-electron chi connectivity index (χ3n) is 4.76. The van der Waals surface area contributed by atoms with E-state index in [0.717, 1.165) is 17.0 Å². The number of nitrogens with one attached hydrogen (secondary N) is 2. The van der Waals surface area contributed by atoms with Crippen LogP contribution in [0.4, 0.5) is 14.5 Å². The van der Waals surface area contributed by atoms with Gasteiger partial charge in [-0.1, -0.05) is 18.2 Å². The van der Waals surface area contributed by atoms with Gasteiger partial charge in [-0.2, -0.15) is 0 Å². The third kappa shape index (κ3) is 5.25. The van der Waals surface area contributed by atoms with Crippen molar-refractivity contribution < 1.29 is 23.2 Å². The number of nitrogens with zero attached hydrogens (tertiary/aromatic N) is 2. The van der Waals surface area contributed by atoms with Gasteiger partial charge >= 0.3 is 0 Å². The fraction of sp³-hybridized carbons (Fsp3) is 0.227. The van der Waals surface area contributed by atoms with Crippen molar-refractivity contribution in [2.45, 2.75) is 13.5 Å². The minimum Gasteiger partial charge on any atom is -0.347 e. The minimum absolute atomic E-state index is 0.290. The number of likely N-dealkylation sites (N-methyl/N-ethyl adjacent to an activating group) is 1. The van der Waals surface area contributed by atoms with Crippen LogP contribution in [0.25, 0.3) is 10.9 Å². The highest BCUT2D eigenvalue weighted by molar-refractivity contribution is 5.98. The molecular formula is C22H22F2N4O3. The molecule has 3 rings (SSSR count). The monoisotopic (exact) mass is 428 g/mol. The molecule has 31 heavy (non-hydrogen) atoms. The summed E-state index contributed by atoms with van der Waals surface area (Å²) in [5.41, 5.74) is 0.307. The summed E-state index contributed by atoms with van der Waals surface area (Å²) in [5.74, 6) is -3.83. The van der Waals surface area contributed by atoms with E-state index < -0.39 is 29.4 Å². The molecule has 7 nitrogen and oxygen atoms in total. The summed E-state index contributed by atoms with van der Waals surface area (Å²) in [6.07, 6.45) is 1.91. The number of amides is 3. The summed E-state index contributed by atoms with van der Waals surface area (Å²) >= 11 is 0. The number of hydrogen-bond acceptors (Lipinski definition) is 3. The van der Waals surface area contributed by atoms with Crippen LogP contribution in [0.3, 0.4) is 0 Å².